The Kier molecular flexibility index (Phi) is 5.35. The van der Waals surface area contributed by atoms with E-state index in [1.165, 1.54) is 6.07 Å². The number of aliphatic carboxylic acids is 1. The number of carbonyl (C=O) groups is 1. The summed E-state index contributed by atoms with van der Waals surface area (Å²) in [7, 11) is 0. The van der Waals surface area contributed by atoms with Crippen LogP contribution < -0.4 is 5.73 Å². The molecule has 1 atom stereocenters. The van der Waals surface area contributed by atoms with Gasteiger partial charge in [-0.3, -0.25) is 4.79 Å². The summed E-state index contributed by atoms with van der Waals surface area (Å²) >= 11 is 23.6. The van der Waals surface area contributed by atoms with Gasteiger partial charge in [0.25, 0.3) is 0 Å². The molecule has 0 aliphatic rings. The zero-order chi connectivity index (χ0) is 13.2. The van der Waals surface area contributed by atoms with Crippen molar-refractivity contribution in [2.24, 2.45) is 5.73 Å². The molecule has 3 nitrogen and oxygen atoms in total. The number of carboxylic acid groups (broad SMARTS) is 1. The molecule has 1 rings (SSSR count). The Morgan fingerprint density at radius 1 is 1.24 bits per heavy atom. The van der Waals surface area contributed by atoms with Crippen LogP contribution in [0.1, 0.15) is 24.4 Å². The first kappa shape index (κ1) is 14.9. The second-order valence-electron chi connectivity index (χ2n) is 3.42. The molecule has 0 bridgehead atoms. The fourth-order valence-corrected chi connectivity index (χ4v) is 2.54. The molecule has 0 heterocycles. The molecule has 0 saturated carbocycles. The maximum absolute atomic E-state index is 10.5. The summed E-state index contributed by atoms with van der Waals surface area (Å²) in [6, 6.07) is 0.841. The number of hydrogen-bond acceptors (Lipinski definition) is 2. The summed E-state index contributed by atoms with van der Waals surface area (Å²) in [4.78, 5) is 10.5. The zero-order valence-corrected chi connectivity index (χ0v) is 11.5. The van der Waals surface area contributed by atoms with Crippen molar-refractivity contribution in [2.75, 3.05) is 0 Å². The molecule has 0 radical (unpaired) electrons. The van der Waals surface area contributed by atoms with Gasteiger partial charge in [0.1, 0.15) is 0 Å². The molecule has 1 unspecified atom stereocenters. The van der Waals surface area contributed by atoms with Crippen molar-refractivity contribution in [1.82, 2.24) is 0 Å². The Morgan fingerprint density at radius 3 is 2.35 bits per heavy atom. The molecule has 0 fully saturated rings. The molecular weight excluding hydrogens is 308 g/mol. The minimum Gasteiger partial charge on any atom is -0.481 e. The largest absolute Gasteiger partial charge is 0.481 e. The van der Waals surface area contributed by atoms with E-state index in [1.807, 2.05) is 0 Å². The van der Waals surface area contributed by atoms with Gasteiger partial charge in [-0.2, -0.15) is 0 Å². The van der Waals surface area contributed by atoms with E-state index in [1.54, 1.807) is 0 Å². The van der Waals surface area contributed by atoms with E-state index in [-0.39, 0.29) is 32.9 Å². The molecule has 0 amide bonds. The van der Waals surface area contributed by atoms with Crippen LogP contribution in [0.3, 0.4) is 0 Å². The van der Waals surface area contributed by atoms with Crippen molar-refractivity contribution in [3.05, 3.63) is 31.7 Å². The quantitative estimate of drug-likeness (QED) is 0.647. The monoisotopic (exact) mass is 315 g/mol. The molecule has 0 aliphatic carbocycles. The Labute approximate surface area is 118 Å². The lowest BCUT2D eigenvalue weighted by Crippen LogP contribution is -2.13. The van der Waals surface area contributed by atoms with Crippen LogP contribution in [-0.2, 0) is 4.79 Å². The smallest absolute Gasteiger partial charge is 0.303 e. The molecule has 94 valence electrons. The Hall–Kier alpha value is -0.190. The molecule has 3 N–H and O–H groups in total. The van der Waals surface area contributed by atoms with Crippen LogP contribution in [0.4, 0.5) is 0 Å². The first-order chi connectivity index (χ1) is 7.84. The Bertz CT molecular complexity index is 450. The van der Waals surface area contributed by atoms with Gasteiger partial charge in [0.05, 0.1) is 15.1 Å². The first-order valence-electron chi connectivity index (χ1n) is 4.64. The van der Waals surface area contributed by atoms with Crippen LogP contribution >= 0.6 is 46.4 Å². The van der Waals surface area contributed by atoms with Gasteiger partial charge in [-0.25, -0.2) is 0 Å². The average molecular weight is 317 g/mol. The van der Waals surface area contributed by atoms with Crippen molar-refractivity contribution in [3.63, 3.8) is 0 Å². The third-order valence-corrected chi connectivity index (χ3v) is 3.78. The number of halogens is 4. The van der Waals surface area contributed by atoms with E-state index < -0.39 is 12.0 Å². The van der Waals surface area contributed by atoms with Crippen LogP contribution in [-0.4, -0.2) is 11.1 Å². The van der Waals surface area contributed by atoms with Crippen LogP contribution in [0, 0.1) is 0 Å². The summed E-state index contributed by atoms with van der Waals surface area (Å²) in [5.74, 6) is -0.937. The first-order valence-corrected chi connectivity index (χ1v) is 6.16. The van der Waals surface area contributed by atoms with E-state index in [9.17, 15) is 4.79 Å². The van der Waals surface area contributed by atoms with Gasteiger partial charge >= 0.3 is 5.97 Å². The van der Waals surface area contributed by atoms with Gasteiger partial charge in [0.15, 0.2) is 0 Å². The minimum absolute atomic E-state index is 0.0753. The predicted octanol–water partition coefficient (Wildman–Crippen LogP) is 4.16. The molecule has 1 aromatic carbocycles. The highest BCUT2D eigenvalue weighted by molar-refractivity contribution is 6.49. The highest BCUT2D eigenvalue weighted by Gasteiger charge is 2.19. The van der Waals surface area contributed by atoms with E-state index in [2.05, 4.69) is 0 Å². The van der Waals surface area contributed by atoms with Crippen LogP contribution in [0.25, 0.3) is 0 Å². The molecule has 1 aromatic rings. The lowest BCUT2D eigenvalue weighted by Gasteiger charge is -2.16. The molecular formula is C10H9Cl4NO2. The van der Waals surface area contributed by atoms with Gasteiger partial charge < -0.3 is 10.8 Å². The highest BCUT2D eigenvalue weighted by atomic mass is 35.5. The lowest BCUT2D eigenvalue weighted by molar-refractivity contribution is -0.137. The van der Waals surface area contributed by atoms with Gasteiger partial charge in [0.2, 0.25) is 0 Å². The van der Waals surface area contributed by atoms with E-state index >= 15 is 0 Å². The molecule has 0 saturated heterocycles. The number of nitrogens with two attached hydrogens (primary N) is 1. The third-order valence-electron chi connectivity index (χ3n) is 2.19. The minimum atomic E-state index is -0.937. The summed E-state index contributed by atoms with van der Waals surface area (Å²) in [5.41, 5.74) is 6.25. The van der Waals surface area contributed by atoms with Gasteiger partial charge in [-0.15, -0.1) is 0 Å². The number of benzene rings is 1. The molecule has 0 aliphatic heterocycles. The normalized spacial score (nSPS) is 12.5. The Balaban J connectivity index is 3.05. The predicted molar refractivity (Wildman–Crippen MR) is 70.3 cm³/mol. The number of hydrogen-bond donors (Lipinski definition) is 2. The summed E-state index contributed by atoms with van der Waals surface area (Å²) in [6.07, 6.45) is 0.140. The third kappa shape index (κ3) is 3.63. The van der Waals surface area contributed by atoms with Crippen molar-refractivity contribution in [2.45, 2.75) is 18.9 Å². The summed E-state index contributed by atoms with van der Waals surface area (Å²) < 4.78 is 0. The molecule has 0 spiro atoms. The summed E-state index contributed by atoms with van der Waals surface area (Å²) in [5, 5.41) is 9.42. The van der Waals surface area contributed by atoms with Crippen molar-refractivity contribution in [3.8, 4) is 0 Å². The maximum Gasteiger partial charge on any atom is 0.303 e. The SMILES string of the molecule is NC(CCC(=O)O)c1c(Cl)cc(Cl)c(Cl)c1Cl. The number of carboxylic acids is 1. The molecule has 17 heavy (non-hydrogen) atoms. The summed E-state index contributed by atoms with van der Waals surface area (Å²) in [6.45, 7) is 0. The average Bonchev–Trinajstić information content (AvgIpc) is 2.23. The Morgan fingerprint density at radius 2 is 1.82 bits per heavy atom. The van der Waals surface area contributed by atoms with E-state index in [4.69, 9.17) is 57.2 Å². The van der Waals surface area contributed by atoms with Crippen LogP contribution in [0.15, 0.2) is 6.07 Å². The van der Waals surface area contributed by atoms with Crippen molar-refractivity contribution in [1.29, 1.82) is 0 Å². The van der Waals surface area contributed by atoms with Crippen molar-refractivity contribution >= 4 is 52.4 Å². The fraction of sp³-hybridized carbons (Fsp3) is 0.300. The molecule has 7 heteroatoms. The second kappa shape index (κ2) is 6.12. The zero-order valence-electron chi connectivity index (χ0n) is 8.51. The standard InChI is InChI=1S/C10H9Cl4NO2/c11-4-3-5(12)9(13)10(14)8(4)6(15)1-2-7(16)17/h3,6H,1-2,15H2,(H,16,17). The van der Waals surface area contributed by atoms with Gasteiger partial charge in [0, 0.05) is 23.0 Å². The topological polar surface area (TPSA) is 63.3 Å². The van der Waals surface area contributed by atoms with Crippen LogP contribution in [0.5, 0.6) is 0 Å². The lowest BCUT2D eigenvalue weighted by atomic mass is 10.0. The van der Waals surface area contributed by atoms with Gasteiger partial charge in [-0.05, 0) is 12.5 Å². The second-order valence-corrected chi connectivity index (χ2v) is 4.99. The van der Waals surface area contributed by atoms with Crippen LogP contribution in [0.2, 0.25) is 20.1 Å². The van der Waals surface area contributed by atoms with E-state index in [0.29, 0.717) is 5.56 Å². The van der Waals surface area contributed by atoms with E-state index in [0.717, 1.165) is 0 Å². The fourth-order valence-electron chi connectivity index (χ4n) is 1.34. The number of rotatable bonds is 4. The maximum atomic E-state index is 10.5. The highest BCUT2D eigenvalue weighted by Crippen LogP contribution is 2.40. The van der Waals surface area contributed by atoms with Crippen molar-refractivity contribution < 1.29 is 9.90 Å². The van der Waals surface area contributed by atoms with Gasteiger partial charge in [-0.1, -0.05) is 46.4 Å². The molecule has 0 aromatic heterocycles.